The largest absolute Gasteiger partial charge is 0.495 e. The van der Waals surface area contributed by atoms with Crippen LogP contribution in [0.15, 0.2) is 34.0 Å². The van der Waals surface area contributed by atoms with E-state index in [2.05, 4.69) is 4.98 Å². The summed E-state index contributed by atoms with van der Waals surface area (Å²) in [5.74, 6) is -1.38. The summed E-state index contributed by atoms with van der Waals surface area (Å²) in [6.45, 7) is 0. The third-order valence-electron chi connectivity index (χ3n) is 2.57. The lowest BCUT2D eigenvalue weighted by molar-refractivity contribution is 0.0696. The molecule has 1 aromatic carbocycles. The van der Waals surface area contributed by atoms with Gasteiger partial charge >= 0.3 is 5.97 Å². The lowest BCUT2D eigenvalue weighted by Gasteiger charge is -2.09. The Hall–Kier alpha value is -1.93. The molecule has 0 atom stereocenters. The number of thiazole rings is 1. The number of hydrogen-bond acceptors (Lipinski definition) is 6. The van der Waals surface area contributed by atoms with E-state index in [1.807, 2.05) is 0 Å². The average molecular weight is 313 g/mol. The van der Waals surface area contributed by atoms with Crippen molar-refractivity contribution in [2.24, 2.45) is 0 Å². The molecule has 2 rings (SSSR count). The summed E-state index contributed by atoms with van der Waals surface area (Å²) >= 11 is 1.29. The van der Waals surface area contributed by atoms with Gasteiger partial charge in [0.05, 0.1) is 29.6 Å². The predicted molar refractivity (Wildman–Crippen MR) is 73.0 cm³/mol. The molecule has 106 valence electrons. The highest BCUT2D eigenvalue weighted by atomic mass is 32.2. The summed E-state index contributed by atoms with van der Waals surface area (Å²) in [4.78, 5) is 14.7. The minimum Gasteiger partial charge on any atom is -0.495 e. The molecule has 20 heavy (non-hydrogen) atoms. The van der Waals surface area contributed by atoms with Crippen molar-refractivity contribution in [3.8, 4) is 5.75 Å². The summed E-state index contributed by atoms with van der Waals surface area (Å²) < 4.78 is 29.7. The quantitative estimate of drug-likeness (QED) is 0.905. The second-order valence-electron chi connectivity index (χ2n) is 3.91. The number of ether oxygens (including phenoxy) is 1. The van der Waals surface area contributed by atoms with Crippen molar-refractivity contribution >= 4 is 27.1 Å². The lowest BCUT2D eigenvalue weighted by atomic mass is 10.2. The smallest absolute Gasteiger partial charge is 0.335 e. The molecule has 1 N–H and O–H groups in total. The Labute approximate surface area is 119 Å². The van der Waals surface area contributed by atoms with Crippen LogP contribution < -0.4 is 4.74 Å². The van der Waals surface area contributed by atoms with Gasteiger partial charge in [-0.25, -0.2) is 18.2 Å². The highest BCUT2D eigenvalue weighted by Crippen LogP contribution is 2.28. The van der Waals surface area contributed by atoms with Crippen LogP contribution in [0.4, 0.5) is 0 Å². The fourth-order valence-electron chi connectivity index (χ4n) is 1.63. The predicted octanol–water partition coefficient (Wildman–Crippen LogP) is 1.82. The first-order chi connectivity index (χ1) is 9.44. The number of methoxy groups -OCH3 is 1. The molecule has 0 aliphatic carbocycles. The number of sulfone groups is 1. The Morgan fingerprint density at radius 1 is 1.45 bits per heavy atom. The summed E-state index contributed by atoms with van der Waals surface area (Å²) in [6, 6.07) is 3.73. The average Bonchev–Trinajstić information content (AvgIpc) is 2.90. The Morgan fingerprint density at radius 2 is 2.20 bits per heavy atom. The number of rotatable bonds is 5. The monoisotopic (exact) mass is 313 g/mol. The fraction of sp³-hybridized carbons (Fsp3) is 0.167. The van der Waals surface area contributed by atoms with Gasteiger partial charge in [0.25, 0.3) is 0 Å². The number of aromatic nitrogens is 1. The van der Waals surface area contributed by atoms with Gasteiger partial charge in [-0.2, -0.15) is 0 Å². The maximum atomic E-state index is 12.3. The van der Waals surface area contributed by atoms with Crippen LogP contribution in [0.25, 0.3) is 0 Å². The van der Waals surface area contributed by atoms with Gasteiger partial charge in [-0.3, -0.25) is 0 Å². The molecule has 0 fully saturated rings. The number of carbonyl (C=O) groups is 1. The third kappa shape index (κ3) is 2.97. The van der Waals surface area contributed by atoms with E-state index in [-0.39, 0.29) is 22.0 Å². The van der Waals surface area contributed by atoms with Crippen LogP contribution in [0.5, 0.6) is 5.75 Å². The molecule has 1 heterocycles. The van der Waals surface area contributed by atoms with Crippen LogP contribution in [0.1, 0.15) is 16.1 Å². The molecule has 0 saturated heterocycles. The van der Waals surface area contributed by atoms with E-state index in [0.29, 0.717) is 5.69 Å². The van der Waals surface area contributed by atoms with Gasteiger partial charge in [-0.15, -0.1) is 11.3 Å². The van der Waals surface area contributed by atoms with Crippen LogP contribution in [0.3, 0.4) is 0 Å². The lowest BCUT2D eigenvalue weighted by Crippen LogP contribution is -2.09. The maximum Gasteiger partial charge on any atom is 0.335 e. The number of carboxylic acids is 1. The minimum atomic E-state index is -3.73. The molecule has 0 bridgehead atoms. The second kappa shape index (κ2) is 5.59. The molecule has 0 unspecified atom stereocenters. The van der Waals surface area contributed by atoms with E-state index in [4.69, 9.17) is 9.84 Å². The van der Waals surface area contributed by atoms with E-state index < -0.39 is 15.8 Å². The van der Waals surface area contributed by atoms with Gasteiger partial charge in [-0.1, -0.05) is 0 Å². The van der Waals surface area contributed by atoms with Crippen LogP contribution in [0.2, 0.25) is 0 Å². The topological polar surface area (TPSA) is 93.6 Å². The van der Waals surface area contributed by atoms with Crippen molar-refractivity contribution in [1.29, 1.82) is 0 Å². The number of hydrogen-bond donors (Lipinski definition) is 1. The van der Waals surface area contributed by atoms with Gasteiger partial charge in [0.15, 0.2) is 9.84 Å². The molecule has 0 aliphatic rings. The molecule has 2 aromatic rings. The first kappa shape index (κ1) is 14.5. The summed E-state index contributed by atoms with van der Waals surface area (Å²) in [7, 11) is -2.40. The molecule has 0 saturated carbocycles. The molecular weight excluding hydrogens is 302 g/mol. The van der Waals surface area contributed by atoms with Crippen molar-refractivity contribution in [2.75, 3.05) is 7.11 Å². The van der Waals surface area contributed by atoms with E-state index in [0.717, 1.165) is 6.07 Å². The molecule has 0 spiro atoms. The van der Waals surface area contributed by atoms with Gasteiger partial charge in [0.1, 0.15) is 10.6 Å². The van der Waals surface area contributed by atoms with Crippen LogP contribution in [0, 0.1) is 0 Å². The van der Waals surface area contributed by atoms with Gasteiger partial charge < -0.3 is 9.84 Å². The van der Waals surface area contributed by atoms with Gasteiger partial charge in [-0.05, 0) is 18.2 Å². The first-order valence-corrected chi connectivity index (χ1v) is 8.04. The maximum absolute atomic E-state index is 12.3. The number of carboxylic acid groups (broad SMARTS) is 1. The Morgan fingerprint density at radius 3 is 2.75 bits per heavy atom. The van der Waals surface area contributed by atoms with E-state index in [9.17, 15) is 13.2 Å². The molecule has 0 radical (unpaired) electrons. The van der Waals surface area contributed by atoms with Crippen molar-refractivity contribution < 1.29 is 23.1 Å². The molecule has 8 heteroatoms. The normalized spacial score (nSPS) is 11.2. The summed E-state index contributed by atoms with van der Waals surface area (Å²) in [6.07, 6.45) is 0. The van der Waals surface area contributed by atoms with Gasteiger partial charge in [0.2, 0.25) is 0 Å². The second-order valence-corrected chi connectivity index (χ2v) is 6.59. The zero-order valence-corrected chi connectivity index (χ0v) is 12.1. The number of benzene rings is 1. The minimum absolute atomic E-state index is 0.109. The Balaban J connectivity index is 2.48. The van der Waals surface area contributed by atoms with Crippen LogP contribution >= 0.6 is 11.3 Å². The Kier molecular flexibility index (Phi) is 4.05. The summed E-state index contributed by atoms with van der Waals surface area (Å²) in [5.41, 5.74) is 1.84. The molecular formula is C12H11NO5S2. The summed E-state index contributed by atoms with van der Waals surface area (Å²) in [5, 5.41) is 10.6. The van der Waals surface area contributed by atoms with Crippen LogP contribution in [-0.4, -0.2) is 31.6 Å². The first-order valence-electron chi connectivity index (χ1n) is 5.45. The zero-order valence-electron chi connectivity index (χ0n) is 10.4. The van der Waals surface area contributed by atoms with E-state index in [1.54, 1.807) is 5.38 Å². The van der Waals surface area contributed by atoms with Gasteiger partial charge in [0, 0.05) is 5.38 Å². The molecule has 1 aromatic heterocycles. The zero-order chi connectivity index (χ0) is 14.8. The third-order valence-corrected chi connectivity index (χ3v) is 4.87. The highest BCUT2D eigenvalue weighted by Gasteiger charge is 2.23. The Bertz CT molecular complexity index is 722. The van der Waals surface area contributed by atoms with E-state index in [1.165, 1.54) is 36.1 Å². The van der Waals surface area contributed by atoms with E-state index >= 15 is 0 Å². The van der Waals surface area contributed by atoms with Crippen molar-refractivity contribution in [3.05, 3.63) is 40.3 Å². The van der Waals surface area contributed by atoms with Crippen molar-refractivity contribution in [1.82, 2.24) is 4.98 Å². The SMILES string of the molecule is COc1ccc(C(=O)O)cc1S(=O)(=O)Cc1cscn1. The van der Waals surface area contributed by atoms with Crippen LogP contribution in [-0.2, 0) is 15.6 Å². The molecule has 0 amide bonds. The number of nitrogens with zero attached hydrogens (tertiary/aromatic N) is 1. The molecule has 6 nitrogen and oxygen atoms in total. The standard InChI is InChI=1S/C12H11NO5S2/c1-18-10-3-2-8(12(14)15)4-11(10)20(16,17)6-9-5-19-7-13-9/h2-5,7H,6H2,1H3,(H,14,15). The fourth-order valence-corrected chi connectivity index (χ4v) is 3.77. The number of aromatic carboxylic acids is 1. The van der Waals surface area contributed by atoms with Crippen molar-refractivity contribution in [3.63, 3.8) is 0 Å². The molecule has 0 aliphatic heterocycles. The highest BCUT2D eigenvalue weighted by molar-refractivity contribution is 7.90. The van der Waals surface area contributed by atoms with Crippen molar-refractivity contribution in [2.45, 2.75) is 10.6 Å².